The number of hydrogen-bond acceptors (Lipinski definition) is 6. The highest BCUT2D eigenvalue weighted by Crippen LogP contribution is 2.26. The number of hydrogen-bond donors (Lipinski definition) is 0. The molecular formula is C18H27NO6. The number of non-ortho nitro benzene ring substituents is 1. The minimum Gasteiger partial charge on any atom is -0.393 e. The Labute approximate surface area is 148 Å². The van der Waals surface area contributed by atoms with Crippen LogP contribution >= 0.6 is 0 Å². The Bertz CT molecular complexity index is 546. The molecule has 0 bridgehead atoms. The Morgan fingerprint density at radius 1 is 1.08 bits per heavy atom. The number of aryl methyl sites for hydroxylation is 1. The van der Waals surface area contributed by atoms with Gasteiger partial charge in [0.1, 0.15) is 5.75 Å². The Hall–Kier alpha value is -2.15. The lowest BCUT2D eigenvalue weighted by Gasteiger charge is -2.10. The molecule has 0 fully saturated rings. The average Bonchev–Trinajstić information content (AvgIpc) is 2.59. The van der Waals surface area contributed by atoms with Crippen molar-refractivity contribution in [2.24, 2.45) is 0 Å². The summed E-state index contributed by atoms with van der Waals surface area (Å²) in [6.07, 6.45) is 6.53. The molecule has 0 aliphatic carbocycles. The van der Waals surface area contributed by atoms with Crippen molar-refractivity contribution in [3.8, 4) is 5.75 Å². The minimum atomic E-state index is -0.972. The normalized spacial score (nSPS) is 10.5. The molecule has 0 atom stereocenters. The van der Waals surface area contributed by atoms with Crippen LogP contribution in [-0.4, -0.2) is 17.7 Å². The van der Waals surface area contributed by atoms with Crippen LogP contribution in [0.3, 0.4) is 0 Å². The van der Waals surface area contributed by atoms with Crippen LogP contribution in [0.15, 0.2) is 18.2 Å². The van der Waals surface area contributed by atoms with Crippen LogP contribution in [0, 0.1) is 10.1 Å². The molecule has 7 nitrogen and oxygen atoms in total. The fourth-order valence-corrected chi connectivity index (χ4v) is 2.32. The molecule has 0 radical (unpaired) electrons. The molecule has 0 amide bonds. The SMILES string of the molecule is CCCCCCc1cc([N+](=O)[O-])ccc1OC(=O)OOCCCCC. The van der Waals surface area contributed by atoms with Gasteiger partial charge in [0.15, 0.2) is 0 Å². The van der Waals surface area contributed by atoms with Gasteiger partial charge in [-0.05, 0) is 25.3 Å². The first-order chi connectivity index (χ1) is 12.1. The molecule has 1 aromatic carbocycles. The fraction of sp³-hybridized carbons (Fsp3) is 0.611. The van der Waals surface area contributed by atoms with Crippen molar-refractivity contribution in [2.75, 3.05) is 6.61 Å². The van der Waals surface area contributed by atoms with Gasteiger partial charge < -0.3 is 4.74 Å². The number of carbonyl (C=O) groups is 1. The van der Waals surface area contributed by atoms with Gasteiger partial charge in [0.05, 0.1) is 11.5 Å². The molecule has 140 valence electrons. The van der Waals surface area contributed by atoms with E-state index in [1.165, 1.54) is 18.2 Å². The summed E-state index contributed by atoms with van der Waals surface area (Å²) in [7, 11) is 0. The molecule has 1 rings (SSSR count). The molecular weight excluding hydrogens is 326 g/mol. The molecule has 0 aliphatic heterocycles. The van der Waals surface area contributed by atoms with E-state index in [-0.39, 0.29) is 11.4 Å². The van der Waals surface area contributed by atoms with Crippen LogP contribution in [-0.2, 0) is 16.2 Å². The quantitative estimate of drug-likeness (QED) is 0.126. The topological polar surface area (TPSA) is 87.9 Å². The molecule has 0 saturated heterocycles. The molecule has 7 heteroatoms. The summed E-state index contributed by atoms with van der Waals surface area (Å²) < 4.78 is 5.14. The lowest BCUT2D eigenvalue weighted by molar-refractivity contribution is -0.384. The van der Waals surface area contributed by atoms with E-state index < -0.39 is 11.1 Å². The van der Waals surface area contributed by atoms with Crippen LogP contribution in [0.4, 0.5) is 10.5 Å². The van der Waals surface area contributed by atoms with Gasteiger partial charge in [-0.2, -0.15) is 4.89 Å². The highest BCUT2D eigenvalue weighted by Gasteiger charge is 2.15. The standard InChI is InChI=1S/C18H27NO6/c1-3-5-7-8-10-15-14-16(19(21)22)11-12-17(15)24-18(20)25-23-13-9-6-4-2/h11-12,14H,3-10,13H2,1-2H3. The first-order valence-electron chi connectivity index (χ1n) is 8.87. The number of nitrogens with zero attached hydrogens (tertiary/aromatic N) is 1. The highest BCUT2D eigenvalue weighted by atomic mass is 17.2. The smallest absolute Gasteiger partial charge is 0.393 e. The summed E-state index contributed by atoms with van der Waals surface area (Å²) in [6.45, 7) is 4.48. The van der Waals surface area contributed by atoms with Gasteiger partial charge in [-0.25, -0.2) is 4.79 Å². The van der Waals surface area contributed by atoms with E-state index in [0.29, 0.717) is 18.6 Å². The maximum Gasteiger partial charge on any atom is 0.546 e. The largest absolute Gasteiger partial charge is 0.546 e. The maximum absolute atomic E-state index is 11.7. The van der Waals surface area contributed by atoms with Crippen molar-refractivity contribution in [2.45, 2.75) is 65.2 Å². The van der Waals surface area contributed by atoms with Crippen LogP contribution in [0.5, 0.6) is 5.75 Å². The van der Waals surface area contributed by atoms with Crippen LogP contribution < -0.4 is 4.74 Å². The Kier molecular flexibility index (Phi) is 10.2. The predicted octanol–water partition coefficient (Wildman–Crippen LogP) is 5.35. The van der Waals surface area contributed by atoms with Gasteiger partial charge in [0.2, 0.25) is 0 Å². The zero-order valence-corrected chi connectivity index (χ0v) is 15.0. The van der Waals surface area contributed by atoms with Crippen LogP contribution in [0.2, 0.25) is 0 Å². The van der Waals surface area contributed by atoms with Crippen molar-refractivity contribution in [1.29, 1.82) is 0 Å². The molecule has 0 heterocycles. The summed E-state index contributed by atoms with van der Waals surface area (Å²) in [4.78, 5) is 31.5. The van der Waals surface area contributed by atoms with Gasteiger partial charge >= 0.3 is 6.16 Å². The number of rotatable bonds is 12. The zero-order valence-electron chi connectivity index (χ0n) is 15.0. The lowest BCUT2D eigenvalue weighted by atomic mass is 10.0. The van der Waals surface area contributed by atoms with Crippen molar-refractivity contribution >= 4 is 11.8 Å². The van der Waals surface area contributed by atoms with Crippen LogP contribution in [0.25, 0.3) is 0 Å². The zero-order chi connectivity index (χ0) is 18.5. The van der Waals surface area contributed by atoms with E-state index in [2.05, 4.69) is 18.7 Å². The first kappa shape index (κ1) is 20.9. The van der Waals surface area contributed by atoms with Crippen molar-refractivity contribution in [1.82, 2.24) is 0 Å². The van der Waals surface area contributed by atoms with Gasteiger partial charge in [0, 0.05) is 17.7 Å². The molecule has 0 saturated carbocycles. The Morgan fingerprint density at radius 2 is 1.80 bits per heavy atom. The number of unbranched alkanes of at least 4 members (excludes halogenated alkanes) is 5. The third-order valence-corrected chi connectivity index (χ3v) is 3.71. The summed E-state index contributed by atoms with van der Waals surface area (Å²) >= 11 is 0. The molecule has 0 aromatic heterocycles. The molecule has 0 unspecified atom stereocenters. The summed E-state index contributed by atoms with van der Waals surface area (Å²) in [5.74, 6) is 0.268. The van der Waals surface area contributed by atoms with Gasteiger partial charge in [-0.15, -0.1) is 0 Å². The summed E-state index contributed by atoms with van der Waals surface area (Å²) in [5.41, 5.74) is 0.593. The second-order valence-corrected chi connectivity index (χ2v) is 5.82. The molecule has 1 aromatic rings. The third-order valence-electron chi connectivity index (χ3n) is 3.71. The highest BCUT2D eigenvalue weighted by molar-refractivity contribution is 5.64. The average molecular weight is 353 g/mol. The van der Waals surface area contributed by atoms with E-state index >= 15 is 0 Å². The van der Waals surface area contributed by atoms with Crippen molar-refractivity contribution in [3.63, 3.8) is 0 Å². The van der Waals surface area contributed by atoms with E-state index in [1.54, 1.807) is 0 Å². The number of nitro groups is 1. The second-order valence-electron chi connectivity index (χ2n) is 5.82. The number of ether oxygens (including phenoxy) is 1. The summed E-state index contributed by atoms with van der Waals surface area (Å²) in [6, 6.07) is 4.17. The van der Waals surface area contributed by atoms with Crippen LogP contribution in [0.1, 0.15) is 64.4 Å². The van der Waals surface area contributed by atoms with Crippen molar-refractivity contribution < 1.29 is 24.2 Å². The number of nitro benzene ring substituents is 1. The van der Waals surface area contributed by atoms with E-state index in [1.807, 2.05) is 0 Å². The maximum atomic E-state index is 11.7. The monoisotopic (exact) mass is 353 g/mol. The predicted molar refractivity (Wildman–Crippen MR) is 93.5 cm³/mol. The Morgan fingerprint density at radius 3 is 2.48 bits per heavy atom. The molecule has 0 N–H and O–H groups in total. The van der Waals surface area contributed by atoms with Gasteiger partial charge in [-0.1, -0.05) is 46.0 Å². The summed E-state index contributed by atoms with van der Waals surface area (Å²) in [5, 5.41) is 10.9. The third kappa shape index (κ3) is 8.49. The first-order valence-corrected chi connectivity index (χ1v) is 8.87. The fourth-order valence-electron chi connectivity index (χ4n) is 2.32. The number of benzene rings is 1. The Balaban J connectivity index is 2.62. The number of carbonyl (C=O) groups excluding carboxylic acids is 1. The van der Waals surface area contributed by atoms with E-state index in [4.69, 9.17) is 9.62 Å². The molecule has 0 aliphatic rings. The van der Waals surface area contributed by atoms with E-state index in [9.17, 15) is 14.9 Å². The second kappa shape index (κ2) is 12.2. The lowest BCUT2D eigenvalue weighted by Crippen LogP contribution is -2.13. The van der Waals surface area contributed by atoms with Crippen molar-refractivity contribution in [3.05, 3.63) is 33.9 Å². The minimum absolute atomic E-state index is 0.0259. The van der Waals surface area contributed by atoms with Gasteiger partial charge in [-0.3, -0.25) is 15.0 Å². The molecule has 0 spiro atoms. The van der Waals surface area contributed by atoms with Gasteiger partial charge in [0.25, 0.3) is 5.69 Å². The molecule has 25 heavy (non-hydrogen) atoms. The van der Waals surface area contributed by atoms with E-state index in [0.717, 1.165) is 44.9 Å².